The molecule has 0 aromatic carbocycles. The van der Waals surface area contributed by atoms with Crippen molar-refractivity contribution in [2.45, 2.75) is 83.7 Å². The molecule has 0 saturated heterocycles. The summed E-state index contributed by atoms with van der Waals surface area (Å²) in [6.45, 7) is 3.61. The topological polar surface area (TPSA) is 46.5 Å². The zero-order valence-electron chi connectivity index (χ0n) is 14.1. The highest BCUT2D eigenvalue weighted by atomic mass is 32.2. The number of aliphatic hydroxyl groups is 1. The molecule has 2 atom stereocenters. The van der Waals surface area contributed by atoms with Crippen molar-refractivity contribution < 1.29 is 14.1 Å². The summed E-state index contributed by atoms with van der Waals surface area (Å²) >= 11 is 0. The van der Waals surface area contributed by atoms with Crippen LogP contribution < -0.4 is 0 Å². The van der Waals surface area contributed by atoms with E-state index in [-0.39, 0.29) is 6.10 Å². The van der Waals surface area contributed by atoms with E-state index in [4.69, 9.17) is 4.74 Å². The molecular formula is C17H36O3S. The van der Waals surface area contributed by atoms with Gasteiger partial charge in [-0.05, 0) is 25.7 Å². The second-order valence-corrected chi connectivity index (χ2v) is 7.50. The largest absolute Gasteiger partial charge is 0.393 e. The van der Waals surface area contributed by atoms with Crippen molar-refractivity contribution in [1.82, 2.24) is 0 Å². The zero-order valence-corrected chi connectivity index (χ0v) is 15.0. The van der Waals surface area contributed by atoms with Crippen LogP contribution in [0, 0.1) is 0 Å². The second-order valence-electron chi connectivity index (χ2n) is 5.95. The van der Waals surface area contributed by atoms with E-state index in [0.717, 1.165) is 44.5 Å². The van der Waals surface area contributed by atoms with E-state index in [0.29, 0.717) is 6.61 Å². The Bertz CT molecular complexity index is 234. The van der Waals surface area contributed by atoms with Gasteiger partial charge in [0.15, 0.2) is 0 Å². The van der Waals surface area contributed by atoms with Gasteiger partial charge in [-0.3, -0.25) is 4.21 Å². The fourth-order valence-electron chi connectivity index (χ4n) is 2.31. The summed E-state index contributed by atoms with van der Waals surface area (Å²) in [6, 6.07) is 0. The van der Waals surface area contributed by atoms with Gasteiger partial charge in [-0.2, -0.15) is 0 Å². The summed E-state index contributed by atoms with van der Waals surface area (Å²) in [7, 11) is -0.684. The maximum atomic E-state index is 10.9. The third-order valence-corrected chi connectivity index (χ3v) is 4.57. The van der Waals surface area contributed by atoms with Gasteiger partial charge in [0.1, 0.15) is 0 Å². The van der Waals surface area contributed by atoms with E-state index >= 15 is 0 Å². The van der Waals surface area contributed by atoms with E-state index < -0.39 is 10.8 Å². The Morgan fingerprint density at radius 2 is 1.57 bits per heavy atom. The highest BCUT2D eigenvalue weighted by Crippen LogP contribution is 2.11. The molecule has 0 bridgehead atoms. The fourth-order valence-corrected chi connectivity index (χ4v) is 2.92. The molecule has 0 spiro atoms. The van der Waals surface area contributed by atoms with Gasteiger partial charge in [-0.25, -0.2) is 0 Å². The zero-order chi connectivity index (χ0) is 15.8. The monoisotopic (exact) mass is 320 g/mol. The number of hydrogen-bond donors (Lipinski definition) is 1. The molecule has 0 aliphatic heterocycles. The van der Waals surface area contributed by atoms with Crippen molar-refractivity contribution in [3.8, 4) is 0 Å². The predicted molar refractivity (Wildman–Crippen MR) is 92.2 cm³/mol. The van der Waals surface area contributed by atoms with Crippen LogP contribution in [-0.4, -0.2) is 40.6 Å². The molecule has 0 rings (SSSR count). The van der Waals surface area contributed by atoms with Gasteiger partial charge in [0.25, 0.3) is 0 Å². The average molecular weight is 321 g/mol. The summed E-state index contributed by atoms with van der Waals surface area (Å²) in [5.41, 5.74) is 0. The van der Waals surface area contributed by atoms with Crippen LogP contribution in [-0.2, 0) is 15.5 Å². The quantitative estimate of drug-likeness (QED) is 0.436. The van der Waals surface area contributed by atoms with Crippen molar-refractivity contribution in [2.75, 3.05) is 25.2 Å². The first-order chi connectivity index (χ1) is 10.2. The number of hydrogen-bond acceptors (Lipinski definition) is 3. The Morgan fingerprint density at radius 1 is 0.905 bits per heavy atom. The van der Waals surface area contributed by atoms with Crippen LogP contribution in [0.2, 0.25) is 0 Å². The van der Waals surface area contributed by atoms with Crippen molar-refractivity contribution in [3.05, 3.63) is 0 Å². The van der Waals surface area contributed by atoms with Crippen molar-refractivity contribution in [1.29, 1.82) is 0 Å². The maximum Gasteiger partial charge on any atom is 0.0562 e. The minimum Gasteiger partial charge on any atom is -0.393 e. The first kappa shape index (κ1) is 21.1. The lowest BCUT2D eigenvalue weighted by atomic mass is 10.1. The van der Waals surface area contributed by atoms with Gasteiger partial charge in [0.05, 0.1) is 6.10 Å². The Kier molecular flexibility index (Phi) is 16.5. The van der Waals surface area contributed by atoms with Gasteiger partial charge in [0.2, 0.25) is 0 Å². The highest BCUT2D eigenvalue weighted by Gasteiger charge is 2.03. The molecule has 0 aromatic heterocycles. The number of unbranched alkanes of at least 4 members (excludes halogenated alkanes) is 7. The van der Waals surface area contributed by atoms with Crippen LogP contribution in [0.5, 0.6) is 0 Å². The van der Waals surface area contributed by atoms with Crippen molar-refractivity contribution >= 4 is 10.8 Å². The molecule has 0 aromatic rings. The molecule has 0 aliphatic rings. The first-order valence-corrected chi connectivity index (χ1v) is 10.4. The molecule has 1 unspecified atom stereocenters. The van der Waals surface area contributed by atoms with Crippen molar-refractivity contribution in [3.63, 3.8) is 0 Å². The lowest BCUT2D eigenvalue weighted by Gasteiger charge is -2.10. The molecule has 4 heteroatoms. The van der Waals surface area contributed by atoms with E-state index in [9.17, 15) is 9.32 Å². The number of aliphatic hydroxyl groups excluding tert-OH is 1. The third kappa shape index (κ3) is 18.0. The van der Waals surface area contributed by atoms with Crippen LogP contribution in [0.3, 0.4) is 0 Å². The first-order valence-electron chi connectivity index (χ1n) is 8.72. The van der Waals surface area contributed by atoms with Crippen LogP contribution >= 0.6 is 0 Å². The summed E-state index contributed by atoms with van der Waals surface area (Å²) in [6.07, 6.45) is 14.2. The molecular weight excluding hydrogens is 284 g/mol. The summed E-state index contributed by atoms with van der Waals surface area (Å²) in [4.78, 5) is 0. The lowest BCUT2D eigenvalue weighted by molar-refractivity contribution is 0.0756. The normalized spacial score (nSPS) is 14.2. The Morgan fingerprint density at radius 3 is 2.24 bits per heavy atom. The minimum atomic E-state index is -0.684. The summed E-state index contributed by atoms with van der Waals surface area (Å²) < 4.78 is 16.4. The fraction of sp³-hybridized carbons (Fsp3) is 1.00. The van der Waals surface area contributed by atoms with Gasteiger partial charge in [0, 0.05) is 36.0 Å². The summed E-state index contributed by atoms with van der Waals surface area (Å²) in [5.74, 6) is 0.768. The average Bonchev–Trinajstić information content (AvgIpc) is 2.45. The smallest absolute Gasteiger partial charge is 0.0562 e. The Balaban J connectivity index is 3.16. The van der Waals surface area contributed by atoms with Gasteiger partial charge < -0.3 is 9.84 Å². The molecule has 0 radical (unpaired) electrons. The lowest BCUT2D eigenvalue weighted by Crippen LogP contribution is -2.11. The van der Waals surface area contributed by atoms with E-state index in [1.807, 2.05) is 0 Å². The van der Waals surface area contributed by atoms with Crippen LogP contribution in [0.25, 0.3) is 0 Å². The standard InChI is InChI=1S/C17H36O3S/c1-3-4-5-6-7-8-9-12-17(18)13-15-20-14-10-11-16-21(2)19/h17-18H,3-16H2,1-2H3/t17?,21-/m1/s1. The Labute approximate surface area is 134 Å². The molecule has 0 saturated carbocycles. The van der Waals surface area contributed by atoms with Crippen molar-refractivity contribution in [2.24, 2.45) is 0 Å². The van der Waals surface area contributed by atoms with E-state index in [1.165, 1.54) is 38.5 Å². The highest BCUT2D eigenvalue weighted by molar-refractivity contribution is 7.84. The van der Waals surface area contributed by atoms with E-state index in [2.05, 4.69) is 6.92 Å². The molecule has 21 heavy (non-hydrogen) atoms. The van der Waals surface area contributed by atoms with Crippen LogP contribution in [0.15, 0.2) is 0 Å². The molecule has 1 N–H and O–H groups in total. The van der Waals surface area contributed by atoms with Gasteiger partial charge >= 0.3 is 0 Å². The molecule has 128 valence electrons. The number of rotatable bonds is 16. The molecule has 0 aliphatic carbocycles. The third-order valence-electron chi connectivity index (χ3n) is 3.71. The molecule has 3 nitrogen and oxygen atoms in total. The molecule has 0 amide bonds. The van der Waals surface area contributed by atoms with E-state index in [1.54, 1.807) is 6.26 Å². The van der Waals surface area contributed by atoms with Crippen LogP contribution in [0.1, 0.15) is 77.6 Å². The maximum absolute atomic E-state index is 10.9. The van der Waals surface area contributed by atoms with Crippen LogP contribution in [0.4, 0.5) is 0 Å². The summed E-state index contributed by atoms with van der Waals surface area (Å²) in [5, 5.41) is 9.85. The van der Waals surface area contributed by atoms with Gasteiger partial charge in [-0.15, -0.1) is 0 Å². The molecule has 0 fully saturated rings. The minimum absolute atomic E-state index is 0.205. The Hall–Kier alpha value is 0.0700. The second kappa shape index (κ2) is 16.4. The molecule has 0 heterocycles. The number of ether oxygens (including phenoxy) is 1. The SMILES string of the molecule is CCCCCCCCCC(O)CCOCCCC[S@@](C)=O. The predicted octanol–water partition coefficient (Wildman–Crippen LogP) is 4.05. The van der Waals surface area contributed by atoms with Gasteiger partial charge in [-0.1, -0.05) is 51.9 Å².